The standard InChI is InChI=1S/C15H22N2O2/c1-10-4-5-12(6-11(10)2)7-15(18)17-13-8-16-9-14(13)19-3/h4-6,13-14,16H,7-9H2,1-3H3,(H,17,18)/t13?,14-/m0/s1. The average Bonchev–Trinajstić information content (AvgIpc) is 2.81. The van der Waals surface area contributed by atoms with Gasteiger partial charge in [0.2, 0.25) is 5.91 Å². The molecule has 2 atom stereocenters. The molecule has 4 nitrogen and oxygen atoms in total. The van der Waals surface area contributed by atoms with Crippen molar-refractivity contribution in [2.24, 2.45) is 0 Å². The number of carbonyl (C=O) groups is 1. The van der Waals surface area contributed by atoms with Gasteiger partial charge in [0.1, 0.15) is 0 Å². The van der Waals surface area contributed by atoms with Gasteiger partial charge in [-0.3, -0.25) is 4.79 Å². The Morgan fingerprint density at radius 2 is 2.16 bits per heavy atom. The Balaban J connectivity index is 1.92. The number of methoxy groups -OCH3 is 1. The third-order valence-electron chi connectivity index (χ3n) is 3.74. The number of benzene rings is 1. The van der Waals surface area contributed by atoms with Gasteiger partial charge in [-0.2, -0.15) is 0 Å². The van der Waals surface area contributed by atoms with Crippen molar-refractivity contribution in [3.05, 3.63) is 34.9 Å². The molecule has 4 heteroatoms. The van der Waals surface area contributed by atoms with Crippen LogP contribution in [0.25, 0.3) is 0 Å². The van der Waals surface area contributed by atoms with Gasteiger partial charge >= 0.3 is 0 Å². The number of hydrogen-bond donors (Lipinski definition) is 2. The lowest BCUT2D eigenvalue weighted by Crippen LogP contribution is -2.44. The van der Waals surface area contributed by atoms with Crippen molar-refractivity contribution in [2.75, 3.05) is 20.2 Å². The highest BCUT2D eigenvalue weighted by Crippen LogP contribution is 2.11. The van der Waals surface area contributed by atoms with Crippen LogP contribution in [0.4, 0.5) is 0 Å². The van der Waals surface area contributed by atoms with E-state index in [2.05, 4.69) is 36.6 Å². The minimum absolute atomic E-state index is 0.0546. The van der Waals surface area contributed by atoms with E-state index in [1.807, 2.05) is 6.07 Å². The smallest absolute Gasteiger partial charge is 0.224 e. The van der Waals surface area contributed by atoms with Crippen LogP contribution in [0.5, 0.6) is 0 Å². The Labute approximate surface area is 114 Å². The van der Waals surface area contributed by atoms with Crippen LogP contribution in [-0.4, -0.2) is 38.3 Å². The van der Waals surface area contributed by atoms with Crippen LogP contribution in [-0.2, 0) is 16.0 Å². The number of rotatable bonds is 4. The van der Waals surface area contributed by atoms with E-state index in [-0.39, 0.29) is 18.1 Å². The summed E-state index contributed by atoms with van der Waals surface area (Å²) in [6.45, 7) is 5.72. The molecule has 2 N–H and O–H groups in total. The van der Waals surface area contributed by atoms with Gasteiger partial charge < -0.3 is 15.4 Å². The lowest BCUT2D eigenvalue weighted by atomic mass is 10.0. The molecule has 1 aliphatic rings. The summed E-state index contributed by atoms with van der Waals surface area (Å²) in [5, 5.41) is 6.26. The van der Waals surface area contributed by atoms with Crippen molar-refractivity contribution < 1.29 is 9.53 Å². The molecule has 0 aromatic heterocycles. The van der Waals surface area contributed by atoms with Gasteiger partial charge in [0.25, 0.3) is 0 Å². The normalized spacial score (nSPS) is 22.5. The van der Waals surface area contributed by atoms with E-state index in [9.17, 15) is 4.79 Å². The minimum atomic E-state index is 0.0546. The van der Waals surface area contributed by atoms with Crippen molar-refractivity contribution in [3.8, 4) is 0 Å². The van der Waals surface area contributed by atoms with Crippen LogP contribution in [0.3, 0.4) is 0 Å². The summed E-state index contributed by atoms with van der Waals surface area (Å²) in [4.78, 5) is 12.0. The number of carbonyl (C=O) groups excluding carboxylic acids is 1. The maximum Gasteiger partial charge on any atom is 0.224 e. The van der Waals surface area contributed by atoms with E-state index < -0.39 is 0 Å². The van der Waals surface area contributed by atoms with Gasteiger partial charge in [-0.25, -0.2) is 0 Å². The Hall–Kier alpha value is -1.39. The van der Waals surface area contributed by atoms with E-state index in [0.717, 1.165) is 18.7 Å². The molecule has 2 rings (SSSR count). The predicted octanol–water partition coefficient (Wildman–Crippen LogP) is 0.949. The van der Waals surface area contributed by atoms with Crippen LogP contribution in [0.1, 0.15) is 16.7 Å². The fourth-order valence-corrected chi connectivity index (χ4v) is 2.40. The van der Waals surface area contributed by atoms with Crippen LogP contribution in [0.2, 0.25) is 0 Å². The summed E-state index contributed by atoms with van der Waals surface area (Å²) in [6, 6.07) is 6.23. The summed E-state index contributed by atoms with van der Waals surface area (Å²) in [5.74, 6) is 0.0546. The van der Waals surface area contributed by atoms with Crippen molar-refractivity contribution in [1.82, 2.24) is 10.6 Å². The lowest BCUT2D eigenvalue weighted by molar-refractivity contribution is -0.121. The molecule has 0 bridgehead atoms. The van der Waals surface area contributed by atoms with Crippen molar-refractivity contribution in [3.63, 3.8) is 0 Å². The first-order chi connectivity index (χ1) is 9.10. The van der Waals surface area contributed by atoms with E-state index in [4.69, 9.17) is 4.74 Å². The quantitative estimate of drug-likeness (QED) is 0.849. The van der Waals surface area contributed by atoms with Gasteiger partial charge in [-0.05, 0) is 30.5 Å². The monoisotopic (exact) mass is 262 g/mol. The zero-order valence-electron chi connectivity index (χ0n) is 11.8. The summed E-state index contributed by atoms with van der Waals surface area (Å²) in [6.07, 6.45) is 0.498. The Bertz CT molecular complexity index is 459. The van der Waals surface area contributed by atoms with Gasteiger partial charge in [0.15, 0.2) is 0 Å². The molecule has 1 aromatic rings. The zero-order valence-corrected chi connectivity index (χ0v) is 11.8. The summed E-state index contributed by atoms with van der Waals surface area (Å²) in [5.41, 5.74) is 3.53. The topological polar surface area (TPSA) is 50.4 Å². The van der Waals surface area contributed by atoms with Gasteiger partial charge in [-0.1, -0.05) is 18.2 Å². The number of nitrogens with one attached hydrogen (secondary N) is 2. The number of hydrogen-bond acceptors (Lipinski definition) is 3. The fraction of sp³-hybridized carbons (Fsp3) is 0.533. The number of amides is 1. The van der Waals surface area contributed by atoms with E-state index in [1.165, 1.54) is 11.1 Å². The summed E-state index contributed by atoms with van der Waals surface area (Å²) in [7, 11) is 1.68. The Morgan fingerprint density at radius 1 is 1.37 bits per heavy atom. The molecule has 0 radical (unpaired) electrons. The maximum absolute atomic E-state index is 12.0. The maximum atomic E-state index is 12.0. The summed E-state index contributed by atoms with van der Waals surface area (Å²) >= 11 is 0. The highest BCUT2D eigenvalue weighted by molar-refractivity contribution is 5.79. The van der Waals surface area contributed by atoms with Gasteiger partial charge in [0.05, 0.1) is 18.6 Å². The molecule has 1 aromatic carbocycles. The summed E-state index contributed by atoms with van der Waals surface area (Å²) < 4.78 is 5.33. The van der Waals surface area contributed by atoms with Crippen LogP contribution < -0.4 is 10.6 Å². The average molecular weight is 262 g/mol. The molecular weight excluding hydrogens is 240 g/mol. The minimum Gasteiger partial charge on any atom is -0.378 e. The molecule has 104 valence electrons. The lowest BCUT2D eigenvalue weighted by Gasteiger charge is -2.18. The highest BCUT2D eigenvalue weighted by Gasteiger charge is 2.27. The molecule has 19 heavy (non-hydrogen) atoms. The Morgan fingerprint density at radius 3 is 2.84 bits per heavy atom. The van der Waals surface area contributed by atoms with Crippen LogP contribution in [0, 0.1) is 13.8 Å². The SMILES string of the molecule is CO[C@H]1CNCC1NC(=O)Cc1ccc(C)c(C)c1. The molecule has 0 saturated carbocycles. The number of ether oxygens (including phenoxy) is 1. The van der Waals surface area contributed by atoms with Crippen molar-refractivity contribution >= 4 is 5.91 Å². The van der Waals surface area contributed by atoms with Crippen molar-refractivity contribution in [1.29, 1.82) is 0 Å². The van der Waals surface area contributed by atoms with E-state index >= 15 is 0 Å². The molecule has 0 aliphatic carbocycles. The van der Waals surface area contributed by atoms with E-state index in [0.29, 0.717) is 6.42 Å². The molecule has 1 unspecified atom stereocenters. The Kier molecular flexibility index (Phi) is 4.56. The highest BCUT2D eigenvalue weighted by atomic mass is 16.5. The second kappa shape index (κ2) is 6.17. The molecule has 1 aliphatic heterocycles. The van der Waals surface area contributed by atoms with Crippen LogP contribution in [0.15, 0.2) is 18.2 Å². The first-order valence-corrected chi connectivity index (χ1v) is 6.69. The first kappa shape index (κ1) is 14.0. The second-order valence-electron chi connectivity index (χ2n) is 5.20. The molecule has 0 spiro atoms. The van der Waals surface area contributed by atoms with Gasteiger partial charge in [-0.15, -0.1) is 0 Å². The van der Waals surface area contributed by atoms with Crippen molar-refractivity contribution in [2.45, 2.75) is 32.4 Å². The zero-order chi connectivity index (χ0) is 13.8. The van der Waals surface area contributed by atoms with Gasteiger partial charge in [0, 0.05) is 20.2 Å². The second-order valence-corrected chi connectivity index (χ2v) is 5.20. The molecule has 1 heterocycles. The molecule has 1 fully saturated rings. The predicted molar refractivity (Wildman–Crippen MR) is 75.2 cm³/mol. The largest absolute Gasteiger partial charge is 0.378 e. The third-order valence-corrected chi connectivity index (χ3v) is 3.74. The number of aryl methyl sites for hydroxylation is 2. The van der Waals surface area contributed by atoms with E-state index in [1.54, 1.807) is 7.11 Å². The van der Waals surface area contributed by atoms with Crippen LogP contribution >= 0.6 is 0 Å². The fourth-order valence-electron chi connectivity index (χ4n) is 2.40. The molecular formula is C15H22N2O2. The first-order valence-electron chi connectivity index (χ1n) is 6.69. The molecule has 1 saturated heterocycles. The molecule has 1 amide bonds. The third kappa shape index (κ3) is 3.55.